The molecule has 0 amide bonds. The quantitative estimate of drug-likeness (QED) is 0.765. The summed E-state index contributed by atoms with van der Waals surface area (Å²) in [5, 5.41) is 6.13. The van der Waals surface area contributed by atoms with Crippen LogP contribution in [0.3, 0.4) is 0 Å². The van der Waals surface area contributed by atoms with Crippen LogP contribution >= 0.6 is 0 Å². The van der Waals surface area contributed by atoms with Gasteiger partial charge in [-0.1, -0.05) is 0 Å². The second-order valence-electron chi connectivity index (χ2n) is 3.23. The Morgan fingerprint density at radius 2 is 2.25 bits per heavy atom. The number of anilines is 1. The van der Waals surface area contributed by atoms with E-state index >= 15 is 0 Å². The van der Waals surface area contributed by atoms with Crippen LogP contribution in [0, 0.1) is 6.92 Å². The maximum absolute atomic E-state index is 11.7. The minimum Gasteiger partial charge on any atom is -0.339 e. The third-order valence-electron chi connectivity index (χ3n) is 1.78. The van der Waals surface area contributed by atoms with Crippen molar-refractivity contribution in [1.82, 2.24) is 24.7 Å². The SMILES string of the molecule is Cc1nc(NS(=O)(=O)c2cn(C)cn2)n[nH]1. The molecule has 0 aromatic carbocycles. The highest BCUT2D eigenvalue weighted by Crippen LogP contribution is 2.09. The molecule has 0 spiro atoms. The summed E-state index contributed by atoms with van der Waals surface area (Å²) in [6.07, 6.45) is 2.79. The zero-order chi connectivity index (χ0) is 11.8. The van der Waals surface area contributed by atoms with Crippen LogP contribution in [-0.4, -0.2) is 33.2 Å². The normalized spacial score (nSPS) is 11.6. The van der Waals surface area contributed by atoms with Gasteiger partial charge in [-0.15, -0.1) is 5.10 Å². The molecule has 0 unspecified atom stereocenters. The van der Waals surface area contributed by atoms with E-state index in [1.54, 1.807) is 14.0 Å². The topological polar surface area (TPSA) is 106 Å². The summed E-state index contributed by atoms with van der Waals surface area (Å²) in [6, 6.07) is 0. The van der Waals surface area contributed by atoms with Crippen LogP contribution in [0.2, 0.25) is 0 Å². The van der Waals surface area contributed by atoms with E-state index in [1.807, 2.05) is 0 Å². The number of hydrogen-bond acceptors (Lipinski definition) is 5. The molecule has 0 aliphatic carbocycles. The Kier molecular flexibility index (Phi) is 2.38. The summed E-state index contributed by atoms with van der Waals surface area (Å²) in [5.41, 5.74) is 0. The van der Waals surface area contributed by atoms with Crippen LogP contribution in [-0.2, 0) is 17.1 Å². The van der Waals surface area contributed by atoms with Gasteiger partial charge in [-0.3, -0.25) is 5.10 Å². The minimum absolute atomic E-state index is 0.00292. The first-order valence-corrected chi connectivity index (χ1v) is 5.85. The summed E-state index contributed by atoms with van der Waals surface area (Å²) in [4.78, 5) is 7.57. The van der Waals surface area contributed by atoms with E-state index in [4.69, 9.17) is 0 Å². The van der Waals surface area contributed by atoms with Crippen molar-refractivity contribution in [1.29, 1.82) is 0 Å². The predicted octanol–water partition coefficient (Wildman–Crippen LogP) is -0.353. The number of imidazole rings is 1. The Labute approximate surface area is 91.8 Å². The largest absolute Gasteiger partial charge is 0.339 e. The van der Waals surface area contributed by atoms with Gasteiger partial charge in [0.1, 0.15) is 5.82 Å². The van der Waals surface area contributed by atoms with Gasteiger partial charge >= 0.3 is 0 Å². The second-order valence-corrected chi connectivity index (χ2v) is 4.86. The van der Waals surface area contributed by atoms with Crippen LogP contribution in [0.4, 0.5) is 5.95 Å². The summed E-state index contributed by atoms with van der Waals surface area (Å²) >= 11 is 0. The fourth-order valence-electron chi connectivity index (χ4n) is 1.09. The van der Waals surface area contributed by atoms with E-state index in [0.29, 0.717) is 5.82 Å². The molecule has 2 heterocycles. The third-order valence-corrected chi connectivity index (χ3v) is 2.99. The van der Waals surface area contributed by atoms with Crippen molar-refractivity contribution in [2.75, 3.05) is 4.72 Å². The molecule has 16 heavy (non-hydrogen) atoms. The molecule has 2 aromatic heterocycles. The minimum atomic E-state index is -3.71. The van der Waals surface area contributed by atoms with Crippen LogP contribution in [0.25, 0.3) is 0 Å². The molecule has 9 heteroatoms. The van der Waals surface area contributed by atoms with Crippen LogP contribution < -0.4 is 4.72 Å². The van der Waals surface area contributed by atoms with Crippen molar-refractivity contribution in [2.24, 2.45) is 7.05 Å². The Balaban J connectivity index is 2.27. The van der Waals surface area contributed by atoms with E-state index in [0.717, 1.165) is 0 Å². The summed E-state index contributed by atoms with van der Waals surface area (Å²) in [6.45, 7) is 1.67. The predicted molar refractivity (Wildman–Crippen MR) is 55.1 cm³/mol. The van der Waals surface area contributed by atoms with E-state index in [1.165, 1.54) is 17.1 Å². The van der Waals surface area contributed by atoms with Gasteiger partial charge < -0.3 is 4.57 Å². The van der Waals surface area contributed by atoms with Crippen molar-refractivity contribution in [3.05, 3.63) is 18.3 Å². The Morgan fingerprint density at radius 3 is 2.75 bits per heavy atom. The molecule has 0 saturated heterocycles. The maximum atomic E-state index is 11.7. The molecule has 8 nitrogen and oxygen atoms in total. The lowest BCUT2D eigenvalue weighted by Crippen LogP contribution is -2.14. The Morgan fingerprint density at radius 1 is 1.50 bits per heavy atom. The van der Waals surface area contributed by atoms with Gasteiger partial charge in [0.25, 0.3) is 16.0 Å². The van der Waals surface area contributed by atoms with E-state index in [-0.39, 0.29) is 11.0 Å². The fraction of sp³-hybridized carbons (Fsp3) is 0.286. The standard InChI is InChI=1S/C7H10N6O2S/c1-5-9-7(11-10-5)12-16(14,15)6-3-13(2)4-8-6/h3-4H,1-2H3,(H2,9,10,11,12). The molecule has 0 bridgehead atoms. The van der Waals surface area contributed by atoms with Gasteiger partial charge in [-0.05, 0) is 6.92 Å². The van der Waals surface area contributed by atoms with Crippen LogP contribution in [0.1, 0.15) is 5.82 Å². The molecular formula is C7H10N6O2S. The van der Waals surface area contributed by atoms with Crippen molar-refractivity contribution < 1.29 is 8.42 Å². The number of aromatic nitrogens is 5. The maximum Gasteiger partial charge on any atom is 0.283 e. The number of H-pyrrole nitrogens is 1. The highest BCUT2D eigenvalue weighted by Gasteiger charge is 2.18. The monoisotopic (exact) mass is 242 g/mol. The zero-order valence-electron chi connectivity index (χ0n) is 8.67. The number of aryl methyl sites for hydroxylation is 2. The van der Waals surface area contributed by atoms with Crippen LogP contribution in [0.15, 0.2) is 17.6 Å². The molecule has 2 rings (SSSR count). The fourth-order valence-corrected chi connectivity index (χ4v) is 2.02. The molecule has 0 aliphatic heterocycles. The lowest BCUT2D eigenvalue weighted by molar-refractivity contribution is 0.597. The van der Waals surface area contributed by atoms with Crippen molar-refractivity contribution in [3.8, 4) is 0 Å². The number of hydrogen-bond donors (Lipinski definition) is 2. The first-order valence-electron chi connectivity index (χ1n) is 4.37. The second kappa shape index (κ2) is 3.59. The molecule has 0 fully saturated rings. The van der Waals surface area contributed by atoms with Gasteiger partial charge in [0.15, 0.2) is 5.03 Å². The molecule has 2 N–H and O–H groups in total. The Hall–Kier alpha value is -1.90. The molecule has 0 radical (unpaired) electrons. The molecule has 86 valence electrons. The first-order chi connectivity index (χ1) is 7.47. The number of nitrogens with one attached hydrogen (secondary N) is 2. The van der Waals surface area contributed by atoms with Gasteiger partial charge in [0.05, 0.1) is 6.33 Å². The summed E-state index contributed by atoms with van der Waals surface area (Å²) in [7, 11) is -2.02. The van der Waals surface area contributed by atoms with Crippen LogP contribution in [0.5, 0.6) is 0 Å². The average molecular weight is 242 g/mol. The molecule has 2 aromatic rings. The number of rotatable bonds is 3. The van der Waals surface area contributed by atoms with E-state index in [9.17, 15) is 8.42 Å². The highest BCUT2D eigenvalue weighted by atomic mass is 32.2. The highest BCUT2D eigenvalue weighted by molar-refractivity contribution is 7.92. The number of nitrogens with zero attached hydrogens (tertiary/aromatic N) is 4. The molecule has 0 aliphatic rings. The van der Waals surface area contributed by atoms with Gasteiger partial charge in [0.2, 0.25) is 0 Å². The number of sulfonamides is 1. The average Bonchev–Trinajstić information content (AvgIpc) is 2.75. The molecule has 0 atom stereocenters. The van der Waals surface area contributed by atoms with Gasteiger partial charge in [0, 0.05) is 13.2 Å². The zero-order valence-corrected chi connectivity index (χ0v) is 9.48. The first kappa shape index (κ1) is 10.6. The third kappa shape index (κ3) is 2.03. The van der Waals surface area contributed by atoms with E-state index in [2.05, 4.69) is 24.9 Å². The Bertz CT molecular complexity index is 598. The smallest absolute Gasteiger partial charge is 0.283 e. The van der Waals surface area contributed by atoms with Gasteiger partial charge in [-0.25, -0.2) is 9.71 Å². The van der Waals surface area contributed by atoms with Crippen molar-refractivity contribution >= 4 is 16.0 Å². The summed E-state index contributed by atoms with van der Waals surface area (Å²) < 4.78 is 27.2. The molecule has 0 saturated carbocycles. The lowest BCUT2D eigenvalue weighted by atomic mass is 10.8. The van der Waals surface area contributed by atoms with E-state index < -0.39 is 10.0 Å². The van der Waals surface area contributed by atoms with Crippen molar-refractivity contribution in [3.63, 3.8) is 0 Å². The van der Waals surface area contributed by atoms with Crippen molar-refractivity contribution in [2.45, 2.75) is 11.9 Å². The molecular weight excluding hydrogens is 232 g/mol. The summed E-state index contributed by atoms with van der Waals surface area (Å²) in [5.74, 6) is 0.530. The van der Waals surface area contributed by atoms with Gasteiger partial charge in [-0.2, -0.15) is 13.4 Å². The number of aromatic amines is 1. The lowest BCUT2D eigenvalue weighted by Gasteiger charge is -1.99.